The van der Waals surface area contributed by atoms with E-state index in [0.29, 0.717) is 0 Å². The zero-order chi connectivity index (χ0) is 13.6. The molecule has 2 aliphatic heterocycles. The molecule has 0 aromatic heterocycles. The highest BCUT2D eigenvalue weighted by Crippen LogP contribution is 2.47. The van der Waals surface area contributed by atoms with Gasteiger partial charge in [0.05, 0.1) is 12.1 Å². The Kier molecular flexibility index (Phi) is 3.14. The van der Waals surface area contributed by atoms with Gasteiger partial charge >= 0.3 is 0 Å². The number of hydrogen-bond donors (Lipinski definition) is 1. The van der Waals surface area contributed by atoms with Crippen molar-refractivity contribution >= 4 is 11.6 Å². The third-order valence-corrected chi connectivity index (χ3v) is 4.70. The molecule has 2 heterocycles. The van der Waals surface area contributed by atoms with E-state index in [-0.39, 0.29) is 11.6 Å². The second-order valence-corrected chi connectivity index (χ2v) is 6.12. The Morgan fingerprint density at radius 2 is 2.32 bits per heavy atom. The molecule has 19 heavy (non-hydrogen) atoms. The lowest BCUT2D eigenvalue weighted by atomic mass is 9.88. The quantitative estimate of drug-likeness (QED) is 0.902. The van der Waals surface area contributed by atoms with Crippen LogP contribution in [-0.2, 0) is 12.0 Å². The van der Waals surface area contributed by atoms with E-state index in [1.807, 2.05) is 6.07 Å². The average Bonchev–Trinajstić information content (AvgIpc) is 2.97. The van der Waals surface area contributed by atoms with Crippen LogP contribution in [0.5, 0.6) is 11.5 Å². The lowest BCUT2D eigenvalue weighted by molar-refractivity contribution is 0.243. The van der Waals surface area contributed by atoms with Gasteiger partial charge in [0, 0.05) is 17.5 Å². The standard InChI is InChI=1S/C15H20ClNO2/c1-9-7-10-13(16)11(15(2)5-4-6-17-15)8-12(18-3)14(10)19-9/h8-9,17H,4-7H2,1-3H3. The second kappa shape index (κ2) is 4.57. The Bertz CT molecular complexity index is 509. The van der Waals surface area contributed by atoms with Gasteiger partial charge in [0.1, 0.15) is 6.10 Å². The smallest absolute Gasteiger partial charge is 0.166 e. The van der Waals surface area contributed by atoms with Gasteiger partial charge in [0.25, 0.3) is 0 Å². The van der Waals surface area contributed by atoms with Crippen molar-refractivity contribution in [3.63, 3.8) is 0 Å². The Balaban J connectivity index is 2.14. The molecule has 1 aromatic carbocycles. The van der Waals surface area contributed by atoms with Gasteiger partial charge in [-0.15, -0.1) is 0 Å². The Labute approximate surface area is 119 Å². The molecule has 0 saturated carbocycles. The predicted molar refractivity (Wildman–Crippen MR) is 76.4 cm³/mol. The summed E-state index contributed by atoms with van der Waals surface area (Å²) in [6.45, 7) is 5.32. The number of rotatable bonds is 2. The van der Waals surface area contributed by atoms with Crippen molar-refractivity contribution in [3.8, 4) is 11.5 Å². The Hall–Kier alpha value is -0.930. The molecular formula is C15H20ClNO2. The summed E-state index contributed by atoms with van der Waals surface area (Å²) in [5, 5.41) is 4.41. The predicted octanol–water partition coefficient (Wildman–Crippen LogP) is 3.27. The highest BCUT2D eigenvalue weighted by Gasteiger charge is 2.36. The highest BCUT2D eigenvalue weighted by atomic mass is 35.5. The Morgan fingerprint density at radius 3 is 2.95 bits per heavy atom. The van der Waals surface area contributed by atoms with Crippen LogP contribution in [0.1, 0.15) is 37.8 Å². The van der Waals surface area contributed by atoms with Crippen LogP contribution < -0.4 is 14.8 Å². The monoisotopic (exact) mass is 281 g/mol. The van der Waals surface area contributed by atoms with Gasteiger partial charge in [-0.05, 0) is 44.9 Å². The first-order valence-electron chi connectivity index (χ1n) is 6.86. The minimum atomic E-state index is -0.0504. The van der Waals surface area contributed by atoms with E-state index in [9.17, 15) is 0 Å². The number of benzene rings is 1. The van der Waals surface area contributed by atoms with E-state index in [1.165, 1.54) is 6.42 Å². The summed E-state index contributed by atoms with van der Waals surface area (Å²) >= 11 is 6.64. The fourth-order valence-corrected chi connectivity index (χ4v) is 3.62. The summed E-state index contributed by atoms with van der Waals surface area (Å²) in [5.74, 6) is 1.62. The average molecular weight is 282 g/mol. The topological polar surface area (TPSA) is 30.5 Å². The van der Waals surface area contributed by atoms with Crippen molar-refractivity contribution in [2.45, 2.75) is 44.8 Å². The van der Waals surface area contributed by atoms with Gasteiger partial charge in [0.15, 0.2) is 11.5 Å². The second-order valence-electron chi connectivity index (χ2n) is 5.74. The molecule has 104 valence electrons. The summed E-state index contributed by atoms with van der Waals surface area (Å²) in [6.07, 6.45) is 3.31. The molecule has 1 aromatic rings. The fraction of sp³-hybridized carbons (Fsp3) is 0.600. The van der Waals surface area contributed by atoms with Crippen LogP contribution in [0.3, 0.4) is 0 Å². The van der Waals surface area contributed by atoms with E-state index >= 15 is 0 Å². The number of nitrogens with one attached hydrogen (secondary N) is 1. The summed E-state index contributed by atoms with van der Waals surface area (Å²) in [6, 6.07) is 2.04. The summed E-state index contributed by atoms with van der Waals surface area (Å²) in [5.41, 5.74) is 2.18. The molecule has 0 radical (unpaired) electrons. The maximum absolute atomic E-state index is 6.64. The Morgan fingerprint density at radius 1 is 1.53 bits per heavy atom. The van der Waals surface area contributed by atoms with Crippen LogP contribution in [0.4, 0.5) is 0 Å². The summed E-state index contributed by atoms with van der Waals surface area (Å²) in [4.78, 5) is 0. The van der Waals surface area contributed by atoms with E-state index < -0.39 is 0 Å². The lowest BCUT2D eigenvalue weighted by Gasteiger charge is -2.27. The van der Waals surface area contributed by atoms with Crippen LogP contribution in [0.25, 0.3) is 0 Å². The van der Waals surface area contributed by atoms with Crippen molar-refractivity contribution in [2.24, 2.45) is 0 Å². The molecule has 1 fully saturated rings. The third-order valence-electron chi connectivity index (χ3n) is 4.27. The normalized spacial score (nSPS) is 29.2. The van der Waals surface area contributed by atoms with Crippen LogP contribution in [0.15, 0.2) is 6.07 Å². The number of halogens is 1. The maximum atomic E-state index is 6.64. The molecule has 1 N–H and O–H groups in total. The molecule has 2 aliphatic rings. The van der Waals surface area contributed by atoms with Crippen molar-refractivity contribution < 1.29 is 9.47 Å². The third kappa shape index (κ3) is 2.00. The number of fused-ring (bicyclic) bond motifs is 1. The van der Waals surface area contributed by atoms with Gasteiger partial charge in [-0.3, -0.25) is 0 Å². The van der Waals surface area contributed by atoms with Gasteiger partial charge in [0.2, 0.25) is 0 Å². The largest absolute Gasteiger partial charge is 0.493 e. The number of methoxy groups -OCH3 is 1. The maximum Gasteiger partial charge on any atom is 0.166 e. The van der Waals surface area contributed by atoms with Crippen LogP contribution >= 0.6 is 11.6 Å². The first kappa shape index (κ1) is 13.1. The molecule has 0 spiro atoms. The number of ether oxygens (including phenoxy) is 2. The number of hydrogen-bond acceptors (Lipinski definition) is 3. The molecule has 4 heteroatoms. The molecule has 0 aliphatic carbocycles. The van der Waals surface area contributed by atoms with Gasteiger partial charge < -0.3 is 14.8 Å². The summed E-state index contributed by atoms with van der Waals surface area (Å²) in [7, 11) is 1.68. The van der Waals surface area contributed by atoms with Crippen molar-refractivity contribution in [3.05, 3.63) is 22.2 Å². The van der Waals surface area contributed by atoms with Gasteiger partial charge in [-0.25, -0.2) is 0 Å². The molecule has 3 rings (SSSR count). The van der Waals surface area contributed by atoms with Gasteiger partial charge in [-0.2, -0.15) is 0 Å². The molecule has 1 saturated heterocycles. The van der Waals surface area contributed by atoms with E-state index in [1.54, 1.807) is 7.11 Å². The van der Waals surface area contributed by atoms with Crippen LogP contribution in [0.2, 0.25) is 5.02 Å². The van der Waals surface area contributed by atoms with Crippen molar-refractivity contribution in [1.29, 1.82) is 0 Å². The van der Waals surface area contributed by atoms with Crippen LogP contribution in [0, 0.1) is 0 Å². The van der Waals surface area contributed by atoms with Crippen molar-refractivity contribution in [2.75, 3.05) is 13.7 Å². The van der Waals surface area contributed by atoms with Crippen molar-refractivity contribution in [1.82, 2.24) is 5.32 Å². The first-order valence-corrected chi connectivity index (χ1v) is 7.24. The lowest BCUT2D eigenvalue weighted by Crippen LogP contribution is -2.33. The zero-order valence-corrected chi connectivity index (χ0v) is 12.4. The molecule has 2 atom stereocenters. The van der Waals surface area contributed by atoms with E-state index in [4.69, 9.17) is 21.1 Å². The zero-order valence-electron chi connectivity index (χ0n) is 11.7. The SMILES string of the molecule is COc1cc(C2(C)CCCN2)c(Cl)c2c1OC(C)C2. The van der Waals surface area contributed by atoms with Gasteiger partial charge in [-0.1, -0.05) is 11.6 Å². The molecule has 0 bridgehead atoms. The fourth-order valence-electron chi connectivity index (χ4n) is 3.19. The summed E-state index contributed by atoms with van der Waals surface area (Å²) < 4.78 is 11.3. The molecular weight excluding hydrogens is 262 g/mol. The molecule has 0 amide bonds. The van der Waals surface area contributed by atoms with E-state index in [0.717, 1.165) is 47.0 Å². The molecule has 3 nitrogen and oxygen atoms in total. The minimum Gasteiger partial charge on any atom is -0.493 e. The highest BCUT2D eigenvalue weighted by molar-refractivity contribution is 6.32. The first-order chi connectivity index (χ1) is 9.05. The molecule has 2 unspecified atom stereocenters. The van der Waals surface area contributed by atoms with Crippen LogP contribution in [-0.4, -0.2) is 19.8 Å². The van der Waals surface area contributed by atoms with E-state index in [2.05, 4.69) is 19.2 Å². The minimum absolute atomic E-state index is 0.0504.